The molecule has 14 heteroatoms. The molecule has 6 rings (SSSR count). The lowest BCUT2D eigenvalue weighted by Gasteiger charge is -2.12. The van der Waals surface area contributed by atoms with Crippen LogP contribution in [0.25, 0.3) is 22.3 Å². The van der Waals surface area contributed by atoms with E-state index in [0.29, 0.717) is 30.3 Å². The van der Waals surface area contributed by atoms with Crippen LogP contribution < -0.4 is 19.2 Å². The molecule has 0 atom stereocenters. The van der Waals surface area contributed by atoms with Crippen LogP contribution in [-0.4, -0.2) is 50.3 Å². The second kappa shape index (κ2) is 46.3. The van der Waals surface area contributed by atoms with E-state index < -0.39 is 23.9 Å². The SMILES string of the molecule is C=C.C=C.C=C.C=C.C=C(C)C(=O)OCCOc1ccccc1-c1ccccc1.C=C(C)C(=O)OOOc1ccccc1.C=CC(=O)OCCOc1ccccc1-c1ccccc1.C=CC(=O)OOOc1ccccc1. The summed E-state index contributed by atoms with van der Waals surface area (Å²) < 4.78 is 21.3. The van der Waals surface area contributed by atoms with Crippen molar-refractivity contribution < 1.29 is 67.8 Å². The first-order valence-electron chi connectivity index (χ1n) is 22.7. The van der Waals surface area contributed by atoms with Gasteiger partial charge in [-0.3, -0.25) is 19.6 Å². The highest BCUT2D eigenvalue weighted by Crippen LogP contribution is 2.30. The number of ether oxygens (including phenoxy) is 4. The average Bonchev–Trinajstić information content (AvgIpc) is 3.48. The number of benzene rings is 6. The van der Waals surface area contributed by atoms with Crippen molar-refractivity contribution in [1.82, 2.24) is 0 Å². The third-order valence-corrected chi connectivity index (χ3v) is 8.11. The van der Waals surface area contributed by atoms with Crippen LogP contribution in [0.3, 0.4) is 0 Å². The fraction of sp³-hybridized carbons (Fsp3) is 0.0968. The van der Waals surface area contributed by atoms with E-state index in [9.17, 15) is 19.2 Å². The quantitative estimate of drug-likeness (QED) is 0.0177. The van der Waals surface area contributed by atoms with E-state index >= 15 is 0 Å². The first kappa shape index (κ1) is 68.3. The van der Waals surface area contributed by atoms with Gasteiger partial charge in [0.1, 0.15) is 37.9 Å². The largest absolute Gasteiger partial charge is 0.489 e. The first-order valence-corrected chi connectivity index (χ1v) is 22.7. The molecule has 0 amide bonds. The predicted octanol–water partition coefficient (Wildman–Crippen LogP) is 14.2. The van der Waals surface area contributed by atoms with Gasteiger partial charge in [0.05, 0.1) is 0 Å². The Kier molecular flexibility index (Phi) is 41.6. The van der Waals surface area contributed by atoms with Crippen molar-refractivity contribution in [3.05, 3.63) is 272 Å². The van der Waals surface area contributed by atoms with Crippen LogP contribution in [0.15, 0.2) is 272 Å². The minimum Gasteiger partial charge on any atom is -0.489 e. The Bertz CT molecular complexity index is 2540. The lowest BCUT2D eigenvalue weighted by atomic mass is 10.1. The number of hydrogen-bond acceptors (Lipinski definition) is 14. The predicted molar refractivity (Wildman–Crippen MR) is 300 cm³/mol. The summed E-state index contributed by atoms with van der Waals surface area (Å²) >= 11 is 0. The number of hydrogen-bond donors (Lipinski definition) is 0. The Balaban J connectivity index is 0. The van der Waals surface area contributed by atoms with Crippen LogP contribution in [0.4, 0.5) is 0 Å². The van der Waals surface area contributed by atoms with Crippen molar-refractivity contribution in [1.29, 1.82) is 0 Å². The van der Waals surface area contributed by atoms with Crippen molar-refractivity contribution >= 4 is 23.9 Å². The number of para-hydroxylation sites is 4. The zero-order chi connectivity index (χ0) is 57.2. The molecule has 0 spiro atoms. The third-order valence-electron chi connectivity index (χ3n) is 8.11. The van der Waals surface area contributed by atoms with Crippen LogP contribution in [0.1, 0.15) is 13.8 Å². The van der Waals surface area contributed by atoms with Gasteiger partial charge < -0.3 is 18.9 Å². The molecule has 400 valence electrons. The minimum absolute atomic E-state index is 0.202. The van der Waals surface area contributed by atoms with Gasteiger partial charge in [0.15, 0.2) is 11.5 Å². The maximum absolute atomic E-state index is 11.3. The molecule has 0 aromatic heterocycles. The molecule has 0 aliphatic rings. The number of carbonyl (C=O) groups is 4. The monoisotopic (exact) mass is 1040 g/mol. The van der Waals surface area contributed by atoms with Gasteiger partial charge in [0.25, 0.3) is 0 Å². The summed E-state index contributed by atoms with van der Waals surface area (Å²) in [6, 6.07) is 52.9. The fourth-order valence-corrected chi connectivity index (χ4v) is 4.89. The molecular formula is C62H68O14. The molecule has 14 nitrogen and oxygen atoms in total. The fourth-order valence-electron chi connectivity index (χ4n) is 4.89. The molecule has 0 bridgehead atoms. The van der Waals surface area contributed by atoms with Gasteiger partial charge in [0.2, 0.25) is 0 Å². The van der Waals surface area contributed by atoms with Crippen LogP contribution >= 0.6 is 0 Å². The van der Waals surface area contributed by atoms with Crippen LogP contribution in [0.5, 0.6) is 23.0 Å². The van der Waals surface area contributed by atoms with E-state index in [1.807, 2.05) is 121 Å². The third kappa shape index (κ3) is 31.5. The van der Waals surface area contributed by atoms with E-state index in [4.69, 9.17) is 18.9 Å². The number of rotatable bonds is 20. The molecule has 0 saturated carbocycles. The summed E-state index contributed by atoms with van der Waals surface area (Å²) in [5.74, 6) is 0.224. The lowest BCUT2D eigenvalue weighted by molar-refractivity contribution is -0.435. The second-order valence-corrected chi connectivity index (χ2v) is 13.4. The Morgan fingerprint density at radius 3 is 1.09 bits per heavy atom. The van der Waals surface area contributed by atoms with E-state index in [2.05, 4.69) is 109 Å². The lowest BCUT2D eigenvalue weighted by Crippen LogP contribution is -2.12. The van der Waals surface area contributed by atoms with E-state index in [1.54, 1.807) is 55.5 Å². The van der Waals surface area contributed by atoms with Gasteiger partial charge in [-0.1, -0.05) is 160 Å². The molecule has 0 fully saturated rings. The van der Waals surface area contributed by atoms with Crippen molar-refractivity contribution in [2.75, 3.05) is 26.4 Å². The van der Waals surface area contributed by atoms with Gasteiger partial charge in [-0.05, 0) is 61.4 Å². The summed E-state index contributed by atoms with van der Waals surface area (Å²) in [6.07, 6.45) is 2.10. The number of carbonyl (C=O) groups excluding carboxylic acids is 4. The summed E-state index contributed by atoms with van der Waals surface area (Å²) in [6.45, 7) is 41.6. The summed E-state index contributed by atoms with van der Waals surface area (Å²) in [7, 11) is 0. The molecule has 6 aromatic rings. The molecule has 0 aliphatic carbocycles. The Labute approximate surface area is 447 Å². The zero-order valence-electron chi connectivity index (χ0n) is 43.3. The van der Waals surface area contributed by atoms with E-state index in [1.165, 1.54) is 6.92 Å². The van der Waals surface area contributed by atoms with Crippen molar-refractivity contribution in [3.8, 4) is 45.3 Å². The standard InChI is InChI=1S/C18H18O3.C17H16O3.C10H10O4.C9H8O4.4C2H4/c1-14(2)18(19)21-13-12-20-17-11-7-6-10-16(17)15-8-4-3-5-9-15;1-2-17(18)20-13-12-19-16-11-7-6-10-15(16)14-8-4-3-5-9-14;1-8(2)10(11)13-14-12-9-6-4-3-5-7-9;1-2-9(10)12-13-11-8-6-4-3-5-7-8;4*1-2/h3-11H,1,12-13H2,2H3;2-11H,1,12-13H2;3-7H,1H2,2H3;2-7H,1H2;4*1-2H2. The van der Waals surface area contributed by atoms with E-state index in [-0.39, 0.29) is 18.8 Å². The maximum Gasteiger partial charge on any atom is 0.372 e. The molecule has 0 N–H and O–H groups in total. The number of esters is 2. The highest BCUT2D eigenvalue weighted by molar-refractivity contribution is 5.87. The molecule has 0 aliphatic heterocycles. The topological polar surface area (TPSA) is 161 Å². The Hall–Kier alpha value is -9.76. The van der Waals surface area contributed by atoms with E-state index in [0.717, 1.165) is 45.9 Å². The smallest absolute Gasteiger partial charge is 0.372 e. The highest BCUT2D eigenvalue weighted by atomic mass is 17.5. The van der Waals surface area contributed by atoms with Crippen molar-refractivity contribution in [2.45, 2.75) is 13.8 Å². The van der Waals surface area contributed by atoms with Gasteiger partial charge in [-0.25, -0.2) is 19.2 Å². The molecule has 0 saturated heterocycles. The Morgan fingerprint density at radius 1 is 0.395 bits per heavy atom. The molecular weight excluding hydrogens is 969 g/mol. The minimum atomic E-state index is -0.712. The molecule has 76 heavy (non-hydrogen) atoms. The zero-order valence-corrected chi connectivity index (χ0v) is 43.3. The first-order chi connectivity index (χ1) is 37.0. The Morgan fingerprint density at radius 2 is 0.724 bits per heavy atom. The van der Waals surface area contributed by atoms with Crippen LogP contribution in [0.2, 0.25) is 0 Å². The average molecular weight is 1040 g/mol. The van der Waals surface area contributed by atoms with Gasteiger partial charge in [-0.15, -0.1) is 52.6 Å². The summed E-state index contributed by atoms with van der Waals surface area (Å²) in [5, 5.41) is 8.38. The molecule has 0 radical (unpaired) electrons. The normalized spacial score (nSPS) is 8.76. The highest BCUT2D eigenvalue weighted by Gasteiger charge is 2.09. The molecule has 0 unspecified atom stereocenters. The van der Waals surface area contributed by atoms with Gasteiger partial charge in [-0.2, -0.15) is 0 Å². The van der Waals surface area contributed by atoms with Crippen LogP contribution in [-0.2, 0) is 48.5 Å². The van der Waals surface area contributed by atoms with Crippen molar-refractivity contribution in [3.63, 3.8) is 0 Å². The summed E-state index contributed by atoms with van der Waals surface area (Å²) in [5.41, 5.74) is 4.84. The van der Waals surface area contributed by atoms with Crippen molar-refractivity contribution in [2.24, 2.45) is 0 Å². The summed E-state index contributed by atoms with van der Waals surface area (Å²) in [4.78, 5) is 61.0. The van der Waals surface area contributed by atoms with Gasteiger partial charge in [0, 0.05) is 44.5 Å². The van der Waals surface area contributed by atoms with Crippen LogP contribution in [0, 0.1) is 0 Å². The maximum atomic E-state index is 11.3. The van der Waals surface area contributed by atoms with Gasteiger partial charge >= 0.3 is 23.9 Å². The molecule has 0 heterocycles. The second-order valence-electron chi connectivity index (χ2n) is 13.4. The molecule has 6 aromatic carbocycles.